The summed E-state index contributed by atoms with van der Waals surface area (Å²) < 4.78 is 0. The van der Waals surface area contributed by atoms with E-state index in [-0.39, 0.29) is 0 Å². The molecule has 2 aliphatic carbocycles. The normalized spacial score (nSPS) is 30.9. The zero-order valence-corrected chi connectivity index (χ0v) is 11.0. The highest BCUT2D eigenvalue weighted by atomic mass is 15.2. The zero-order valence-electron chi connectivity index (χ0n) is 11.0. The molecule has 0 bridgehead atoms. The third-order valence-electron chi connectivity index (χ3n) is 4.27. The number of nitrogens with one attached hydrogen (secondary N) is 1. The average Bonchev–Trinajstić information content (AvgIpc) is 3.12. The molecule has 94 valence electrons. The van der Waals surface area contributed by atoms with Crippen LogP contribution in [0.5, 0.6) is 0 Å². The van der Waals surface area contributed by atoms with Gasteiger partial charge in [-0.25, -0.2) is 0 Å². The Balaban J connectivity index is 1.91. The van der Waals surface area contributed by atoms with E-state index >= 15 is 0 Å². The Morgan fingerprint density at radius 3 is 2.50 bits per heavy atom. The molecule has 2 aliphatic rings. The van der Waals surface area contributed by atoms with Crippen LogP contribution < -0.4 is 5.32 Å². The van der Waals surface area contributed by atoms with Crippen LogP contribution in [-0.2, 0) is 0 Å². The summed E-state index contributed by atoms with van der Waals surface area (Å²) in [7, 11) is 2.14. The van der Waals surface area contributed by atoms with Crippen molar-refractivity contribution in [2.75, 3.05) is 20.1 Å². The van der Waals surface area contributed by atoms with Gasteiger partial charge in [0.2, 0.25) is 0 Å². The van der Waals surface area contributed by atoms with Crippen molar-refractivity contribution < 1.29 is 0 Å². The largest absolute Gasteiger partial charge is 0.315 e. The maximum Gasteiger partial charge on any atom is 0.0249 e. The molecule has 2 atom stereocenters. The van der Waals surface area contributed by atoms with Gasteiger partial charge in [0.1, 0.15) is 0 Å². The van der Waals surface area contributed by atoms with Crippen molar-refractivity contribution in [3.05, 3.63) is 0 Å². The van der Waals surface area contributed by atoms with Crippen molar-refractivity contribution in [3.8, 4) is 0 Å². The van der Waals surface area contributed by atoms with Gasteiger partial charge in [-0.2, -0.15) is 0 Å². The van der Waals surface area contributed by atoms with E-state index in [1.54, 1.807) is 0 Å². The average molecular weight is 224 g/mol. The molecule has 0 saturated heterocycles. The van der Waals surface area contributed by atoms with Gasteiger partial charge in [0, 0.05) is 18.6 Å². The minimum atomic E-state index is 0.749. The van der Waals surface area contributed by atoms with E-state index in [1.807, 2.05) is 0 Å². The first-order chi connectivity index (χ1) is 7.85. The van der Waals surface area contributed by atoms with Crippen LogP contribution in [-0.4, -0.2) is 37.1 Å². The molecule has 2 heteroatoms. The van der Waals surface area contributed by atoms with E-state index in [9.17, 15) is 0 Å². The second-order valence-electron chi connectivity index (χ2n) is 5.69. The number of likely N-dealkylation sites (N-methyl/N-ethyl adjacent to an activating group) is 1. The summed E-state index contributed by atoms with van der Waals surface area (Å²) in [6.45, 7) is 4.99. The van der Waals surface area contributed by atoms with Crippen molar-refractivity contribution in [2.24, 2.45) is 5.92 Å². The van der Waals surface area contributed by atoms with E-state index in [4.69, 9.17) is 0 Å². The lowest BCUT2D eigenvalue weighted by atomic mass is 9.89. The molecule has 0 aromatic carbocycles. The van der Waals surface area contributed by atoms with E-state index in [0.717, 1.165) is 18.0 Å². The SMILES string of the molecule is CCCN(CC1CC1)C1CCCCC1NC. The monoisotopic (exact) mass is 224 g/mol. The maximum atomic E-state index is 3.54. The molecule has 2 saturated carbocycles. The summed E-state index contributed by atoms with van der Waals surface area (Å²) in [4.78, 5) is 2.79. The van der Waals surface area contributed by atoms with Gasteiger partial charge in [0.15, 0.2) is 0 Å². The lowest BCUT2D eigenvalue weighted by molar-refractivity contribution is 0.119. The Hall–Kier alpha value is -0.0800. The molecule has 0 aromatic heterocycles. The molecule has 0 aromatic rings. The van der Waals surface area contributed by atoms with Crippen LogP contribution in [0.1, 0.15) is 51.9 Å². The van der Waals surface area contributed by atoms with Crippen molar-refractivity contribution in [3.63, 3.8) is 0 Å². The predicted octanol–water partition coefficient (Wildman–Crippen LogP) is 2.64. The highest BCUT2D eigenvalue weighted by Gasteiger charge is 2.32. The highest BCUT2D eigenvalue weighted by Crippen LogP contribution is 2.32. The quantitative estimate of drug-likeness (QED) is 0.746. The van der Waals surface area contributed by atoms with Crippen LogP contribution in [0, 0.1) is 5.92 Å². The second-order valence-corrected chi connectivity index (χ2v) is 5.69. The molecule has 0 radical (unpaired) electrons. The van der Waals surface area contributed by atoms with E-state index in [2.05, 4.69) is 24.2 Å². The van der Waals surface area contributed by atoms with Crippen LogP contribution >= 0.6 is 0 Å². The lowest BCUT2D eigenvalue weighted by Gasteiger charge is -2.40. The van der Waals surface area contributed by atoms with Crippen LogP contribution in [0.15, 0.2) is 0 Å². The van der Waals surface area contributed by atoms with Crippen molar-refractivity contribution in [1.82, 2.24) is 10.2 Å². The Bertz CT molecular complexity index is 201. The first-order valence-corrected chi connectivity index (χ1v) is 7.26. The molecular weight excluding hydrogens is 196 g/mol. The van der Waals surface area contributed by atoms with Gasteiger partial charge in [-0.1, -0.05) is 19.8 Å². The summed E-state index contributed by atoms with van der Waals surface area (Å²) in [5, 5.41) is 3.54. The Labute approximate surface area is 101 Å². The first-order valence-electron chi connectivity index (χ1n) is 7.26. The van der Waals surface area contributed by atoms with E-state index in [0.29, 0.717) is 0 Å². The Kier molecular flexibility index (Phi) is 4.66. The molecule has 0 heterocycles. The van der Waals surface area contributed by atoms with Crippen molar-refractivity contribution in [1.29, 1.82) is 0 Å². The van der Waals surface area contributed by atoms with Gasteiger partial charge in [-0.3, -0.25) is 4.90 Å². The van der Waals surface area contributed by atoms with Crippen LogP contribution in [0.4, 0.5) is 0 Å². The molecule has 0 amide bonds. The fourth-order valence-corrected chi connectivity index (χ4v) is 3.20. The molecule has 2 unspecified atom stereocenters. The molecule has 0 aliphatic heterocycles. The molecule has 2 nitrogen and oxygen atoms in total. The summed E-state index contributed by atoms with van der Waals surface area (Å²) in [6, 6.07) is 1.57. The summed E-state index contributed by atoms with van der Waals surface area (Å²) >= 11 is 0. The first kappa shape index (κ1) is 12.4. The zero-order chi connectivity index (χ0) is 11.4. The smallest absolute Gasteiger partial charge is 0.0249 e. The summed E-state index contributed by atoms with van der Waals surface area (Å²) in [6.07, 6.45) is 9.93. The number of hydrogen-bond donors (Lipinski definition) is 1. The molecule has 16 heavy (non-hydrogen) atoms. The second kappa shape index (κ2) is 6.02. The Morgan fingerprint density at radius 1 is 1.12 bits per heavy atom. The number of rotatable bonds is 6. The number of hydrogen-bond acceptors (Lipinski definition) is 2. The summed E-state index contributed by atoms with van der Waals surface area (Å²) in [5.41, 5.74) is 0. The van der Waals surface area contributed by atoms with Gasteiger partial charge < -0.3 is 5.32 Å². The third-order valence-corrected chi connectivity index (χ3v) is 4.27. The fourth-order valence-electron chi connectivity index (χ4n) is 3.20. The van der Waals surface area contributed by atoms with E-state index < -0.39 is 0 Å². The number of nitrogens with zero attached hydrogens (tertiary/aromatic N) is 1. The van der Waals surface area contributed by atoms with Gasteiger partial charge in [-0.05, 0) is 51.6 Å². The molecular formula is C14H28N2. The van der Waals surface area contributed by atoms with Gasteiger partial charge in [0.25, 0.3) is 0 Å². The van der Waals surface area contributed by atoms with Crippen LogP contribution in [0.25, 0.3) is 0 Å². The van der Waals surface area contributed by atoms with E-state index in [1.165, 1.54) is 58.0 Å². The Morgan fingerprint density at radius 2 is 1.88 bits per heavy atom. The maximum absolute atomic E-state index is 3.54. The molecule has 2 fully saturated rings. The van der Waals surface area contributed by atoms with Crippen LogP contribution in [0.3, 0.4) is 0 Å². The fraction of sp³-hybridized carbons (Fsp3) is 1.00. The highest BCUT2D eigenvalue weighted by molar-refractivity contribution is 4.89. The van der Waals surface area contributed by atoms with Gasteiger partial charge >= 0.3 is 0 Å². The van der Waals surface area contributed by atoms with Crippen molar-refractivity contribution >= 4 is 0 Å². The predicted molar refractivity (Wildman–Crippen MR) is 69.7 cm³/mol. The summed E-state index contributed by atoms with van der Waals surface area (Å²) in [5.74, 6) is 1.03. The molecule has 1 N–H and O–H groups in total. The third kappa shape index (κ3) is 3.21. The van der Waals surface area contributed by atoms with Gasteiger partial charge in [0.05, 0.1) is 0 Å². The topological polar surface area (TPSA) is 15.3 Å². The van der Waals surface area contributed by atoms with Crippen LogP contribution in [0.2, 0.25) is 0 Å². The lowest BCUT2D eigenvalue weighted by Crippen LogP contribution is -2.51. The standard InChI is InChI=1S/C14H28N2/c1-3-10-16(11-12-8-9-12)14-7-5-4-6-13(14)15-2/h12-15H,3-11H2,1-2H3. The molecule has 2 rings (SSSR count). The molecule has 0 spiro atoms. The minimum Gasteiger partial charge on any atom is -0.315 e. The minimum absolute atomic E-state index is 0.749. The van der Waals surface area contributed by atoms with Crippen molar-refractivity contribution in [2.45, 2.75) is 64.0 Å². The van der Waals surface area contributed by atoms with Gasteiger partial charge in [-0.15, -0.1) is 0 Å².